The Balaban J connectivity index is 1.32. The molecular formula is C18H19NO2S. The minimum absolute atomic E-state index is 0.0507. The SMILES string of the molecule is O=C1OC(CCCN2CCc3sccc3C2)c2ccccc21. The molecule has 22 heavy (non-hydrogen) atoms. The summed E-state index contributed by atoms with van der Waals surface area (Å²) in [6.07, 6.45) is 3.10. The van der Waals surface area contributed by atoms with E-state index in [1.165, 1.54) is 12.0 Å². The molecule has 3 nitrogen and oxygen atoms in total. The van der Waals surface area contributed by atoms with E-state index in [9.17, 15) is 4.79 Å². The molecule has 0 saturated carbocycles. The van der Waals surface area contributed by atoms with Crippen LogP contribution in [0.1, 0.15) is 45.3 Å². The molecule has 2 aliphatic rings. The zero-order chi connectivity index (χ0) is 14.9. The van der Waals surface area contributed by atoms with Crippen LogP contribution in [-0.2, 0) is 17.7 Å². The van der Waals surface area contributed by atoms with Crippen LogP contribution in [0.25, 0.3) is 0 Å². The molecule has 0 fully saturated rings. The topological polar surface area (TPSA) is 29.5 Å². The molecule has 114 valence electrons. The first-order valence-corrected chi connectivity index (χ1v) is 8.77. The largest absolute Gasteiger partial charge is 0.454 e. The van der Waals surface area contributed by atoms with Gasteiger partial charge in [-0.25, -0.2) is 4.79 Å². The molecule has 0 bridgehead atoms. The summed E-state index contributed by atoms with van der Waals surface area (Å²) in [5, 5.41) is 2.20. The summed E-state index contributed by atoms with van der Waals surface area (Å²) in [7, 11) is 0. The molecule has 1 aromatic carbocycles. The molecule has 4 rings (SSSR count). The van der Waals surface area contributed by atoms with E-state index in [-0.39, 0.29) is 12.1 Å². The normalized spacial score (nSPS) is 20.5. The second-order valence-corrected chi connectivity index (χ2v) is 7.02. The standard InChI is InChI=1S/C18H19NO2S/c20-18-15-5-2-1-4-14(15)16(21-18)6-3-9-19-10-7-17-13(12-19)8-11-22-17/h1-2,4-5,8,11,16H,3,6-7,9-10,12H2. The van der Waals surface area contributed by atoms with Crippen molar-refractivity contribution in [3.05, 3.63) is 57.3 Å². The van der Waals surface area contributed by atoms with Crippen molar-refractivity contribution in [1.82, 2.24) is 4.90 Å². The summed E-state index contributed by atoms with van der Waals surface area (Å²) in [4.78, 5) is 15.9. The smallest absolute Gasteiger partial charge is 0.339 e. The Kier molecular flexibility index (Phi) is 3.72. The summed E-state index contributed by atoms with van der Waals surface area (Å²) in [6.45, 7) is 3.29. The Morgan fingerprint density at radius 3 is 3.14 bits per heavy atom. The van der Waals surface area contributed by atoms with Crippen LogP contribution in [0, 0.1) is 0 Å². The Labute approximate surface area is 134 Å². The van der Waals surface area contributed by atoms with Crippen LogP contribution in [0.15, 0.2) is 35.7 Å². The molecule has 0 N–H and O–H groups in total. The molecule has 1 atom stereocenters. The van der Waals surface area contributed by atoms with Crippen LogP contribution < -0.4 is 0 Å². The van der Waals surface area contributed by atoms with Crippen LogP contribution in [-0.4, -0.2) is 24.0 Å². The maximum absolute atomic E-state index is 11.8. The lowest BCUT2D eigenvalue weighted by molar-refractivity contribution is 0.0357. The summed E-state index contributed by atoms with van der Waals surface area (Å²) < 4.78 is 5.51. The van der Waals surface area contributed by atoms with Crippen molar-refractivity contribution in [2.24, 2.45) is 0 Å². The Hall–Kier alpha value is -1.65. The maximum Gasteiger partial charge on any atom is 0.339 e. The average molecular weight is 313 g/mol. The summed E-state index contributed by atoms with van der Waals surface area (Å²) in [6, 6.07) is 10.0. The third-order valence-corrected chi connectivity index (χ3v) is 5.63. The predicted octanol–water partition coefficient (Wildman–Crippen LogP) is 3.80. The van der Waals surface area contributed by atoms with Gasteiger partial charge in [0.05, 0.1) is 5.56 Å². The number of fused-ring (bicyclic) bond motifs is 2. The molecule has 1 aromatic heterocycles. The van der Waals surface area contributed by atoms with Crippen molar-refractivity contribution in [2.75, 3.05) is 13.1 Å². The quantitative estimate of drug-likeness (QED) is 0.804. The van der Waals surface area contributed by atoms with Crippen molar-refractivity contribution >= 4 is 17.3 Å². The van der Waals surface area contributed by atoms with Gasteiger partial charge in [-0.1, -0.05) is 18.2 Å². The van der Waals surface area contributed by atoms with E-state index in [1.807, 2.05) is 35.6 Å². The third kappa shape index (κ3) is 2.57. The second kappa shape index (κ2) is 5.86. The van der Waals surface area contributed by atoms with Gasteiger partial charge in [0.1, 0.15) is 6.10 Å². The van der Waals surface area contributed by atoms with Crippen LogP contribution in [0.4, 0.5) is 0 Å². The molecule has 0 amide bonds. The number of thiophene rings is 1. The lowest BCUT2D eigenvalue weighted by Gasteiger charge is -2.27. The zero-order valence-electron chi connectivity index (χ0n) is 12.5. The lowest BCUT2D eigenvalue weighted by atomic mass is 10.0. The molecule has 1 unspecified atom stereocenters. The van der Waals surface area contributed by atoms with Crippen LogP contribution in [0.2, 0.25) is 0 Å². The van der Waals surface area contributed by atoms with Crippen molar-refractivity contribution in [2.45, 2.75) is 31.9 Å². The molecule has 4 heteroatoms. The van der Waals surface area contributed by atoms with E-state index < -0.39 is 0 Å². The first-order valence-electron chi connectivity index (χ1n) is 7.89. The molecule has 3 heterocycles. The van der Waals surface area contributed by atoms with E-state index in [1.54, 1.807) is 4.88 Å². The number of hydrogen-bond donors (Lipinski definition) is 0. The van der Waals surface area contributed by atoms with E-state index in [0.717, 1.165) is 43.6 Å². The molecule has 0 radical (unpaired) electrons. The first-order chi connectivity index (χ1) is 10.8. The molecule has 0 spiro atoms. The van der Waals surface area contributed by atoms with E-state index in [0.29, 0.717) is 0 Å². The van der Waals surface area contributed by atoms with Gasteiger partial charge >= 0.3 is 5.97 Å². The van der Waals surface area contributed by atoms with Gasteiger partial charge in [0.2, 0.25) is 0 Å². The minimum Gasteiger partial charge on any atom is -0.454 e. The minimum atomic E-state index is -0.165. The second-order valence-electron chi connectivity index (χ2n) is 6.02. The third-order valence-electron chi connectivity index (χ3n) is 4.60. The van der Waals surface area contributed by atoms with Gasteiger partial charge in [-0.2, -0.15) is 0 Å². The number of rotatable bonds is 4. The zero-order valence-corrected chi connectivity index (χ0v) is 13.3. The maximum atomic E-state index is 11.8. The number of hydrogen-bond acceptors (Lipinski definition) is 4. The number of carbonyl (C=O) groups is 1. The fourth-order valence-corrected chi connectivity index (χ4v) is 4.32. The molecule has 2 aliphatic heterocycles. The van der Waals surface area contributed by atoms with Crippen LogP contribution in [0.3, 0.4) is 0 Å². The van der Waals surface area contributed by atoms with Gasteiger partial charge in [-0.3, -0.25) is 4.90 Å². The number of esters is 1. The van der Waals surface area contributed by atoms with E-state index in [4.69, 9.17) is 4.74 Å². The fourth-order valence-electron chi connectivity index (χ4n) is 3.43. The number of ether oxygens (including phenoxy) is 1. The van der Waals surface area contributed by atoms with Gasteiger partial charge in [-0.05, 0) is 48.9 Å². The monoisotopic (exact) mass is 313 g/mol. The van der Waals surface area contributed by atoms with E-state index in [2.05, 4.69) is 16.3 Å². The summed E-state index contributed by atoms with van der Waals surface area (Å²) >= 11 is 1.88. The van der Waals surface area contributed by atoms with Gasteiger partial charge < -0.3 is 4.74 Å². The Bertz CT molecular complexity index is 694. The highest BCUT2D eigenvalue weighted by Crippen LogP contribution is 2.33. The Morgan fingerprint density at radius 1 is 1.27 bits per heavy atom. The first kappa shape index (κ1) is 14.0. The fraction of sp³-hybridized carbons (Fsp3) is 0.389. The average Bonchev–Trinajstić information content (AvgIpc) is 3.13. The van der Waals surface area contributed by atoms with Crippen molar-refractivity contribution in [3.8, 4) is 0 Å². The highest BCUT2D eigenvalue weighted by molar-refractivity contribution is 7.10. The highest BCUT2D eigenvalue weighted by atomic mass is 32.1. The van der Waals surface area contributed by atoms with Crippen LogP contribution in [0.5, 0.6) is 0 Å². The lowest BCUT2D eigenvalue weighted by Crippen LogP contribution is -2.30. The predicted molar refractivity (Wildman–Crippen MR) is 87.1 cm³/mol. The highest BCUT2D eigenvalue weighted by Gasteiger charge is 2.30. The molecule has 0 saturated heterocycles. The molecule has 2 aromatic rings. The van der Waals surface area contributed by atoms with Gasteiger partial charge in [-0.15, -0.1) is 11.3 Å². The van der Waals surface area contributed by atoms with Crippen molar-refractivity contribution in [3.63, 3.8) is 0 Å². The summed E-state index contributed by atoms with van der Waals surface area (Å²) in [5.74, 6) is -0.165. The number of benzene rings is 1. The van der Waals surface area contributed by atoms with Crippen molar-refractivity contribution in [1.29, 1.82) is 0 Å². The van der Waals surface area contributed by atoms with Gasteiger partial charge in [0.15, 0.2) is 0 Å². The van der Waals surface area contributed by atoms with E-state index >= 15 is 0 Å². The van der Waals surface area contributed by atoms with Gasteiger partial charge in [0.25, 0.3) is 0 Å². The Morgan fingerprint density at radius 2 is 2.18 bits per heavy atom. The number of carbonyl (C=O) groups excluding carboxylic acids is 1. The number of cyclic esters (lactones) is 1. The molecular weight excluding hydrogens is 294 g/mol. The molecule has 0 aliphatic carbocycles. The number of nitrogens with zero attached hydrogens (tertiary/aromatic N) is 1. The summed E-state index contributed by atoms with van der Waals surface area (Å²) in [5.41, 5.74) is 3.30. The van der Waals surface area contributed by atoms with Crippen molar-refractivity contribution < 1.29 is 9.53 Å². The van der Waals surface area contributed by atoms with Gasteiger partial charge in [0, 0.05) is 23.5 Å². The van der Waals surface area contributed by atoms with Crippen LogP contribution >= 0.6 is 11.3 Å².